The molecule has 2 aliphatic rings. The second-order valence-electron chi connectivity index (χ2n) is 6.92. The molecular formula is C21H31N5. The van der Waals surface area contributed by atoms with Crippen molar-refractivity contribution in [2.75, 3.05) is 30.3 Å². The maximum absolute atomic E-state index is 6.08. The van der Waals surface area contributed by atoms with Crippen molar-refractivity contribution in [3.8, 4) is 11.3 Å². The van der Waals surface area contributed by atoms with Gasteiger partial charge in [0.1, 0.15) is 5.82 Å². The Bertz CT molecular complexity index is 743. The summed E-state index contributed by atoms with van der Waals surface area (Å²) >= 11 is 0. The first-order valence-electron chi connectivity index (χ1n) is 9.96. The van der Waals surface area contributed by atoms with Crippen LogP contribution in [0, 0.1) is 5.92 Å². The summed E-state index contributed by atoms with van der Waals surface area (Å²) in [5.41, 5.74) is 16.7. The Labute approximate surface area is 156 Å². The van der Waals surface area contributed by atoms with Crippen LogP contribution >= 0.6 is 0 Å². The van der Waals surface area contributed by atoms with Gasteiger partial charge in [-0.15, -0.1) is 0 Å². The monoisotopic (exact) mass is 353 g/mol. The topological polar surface area (TPSA) is 81.1 Å². The smallest absolute Gasteiger partial charge is 0.222 e. The number of aromatic nitrogens is 2. The van der Waals surface area contributed by atoms with E-state index in [0.29, 0.717) is 11.9 Å². The summed E-state index contributed by atoms with van der Waals surface area (Å²) in [5.74, 6) is 2.09. The van der Waals surface area contributed by atoms with E-state index in [9.17, 15) is 0 Å². The van der Waals surface area contributed by atoms with E-state index >= 15 is 0 Å². The van der Waals surface area contributed by atoms with Crippen LogP contribution in [0.4, 0.5) is 11.8 Å². The van der Waals surface area contributed by atoms with Crippen molar-refractivity contribution < 1.29 is 0 Å². The Morgan fingerprint density at radius 2 is 1.96 bits per heavy atom. The van der Waals surface area contributed by atoms with Gasteiger partial charge in [0, 0.05) is 24.2 Å². The quantitative estimate of drug-likeness (QED) is 0.884. The first kappa shape index (κ1) is 18.6. The normalized spacial score (nSPS) is 18.4. The van der Waals surface area contributed by atoms with Crippen LogP contribution in [0.2, 0.25) is 0 Å². The molecule has 0 bridgehead atoms. The molecule has 0 radical (unpaired) electrons. The number of hydrogen-bond donors (Lipinski definition) is 2. The fraction of sp³-hybridized carbons (Fsp3) is 0.524. The van der Waals surface area contributed by atoms with Crippen molar-refractivity contribution in [3.63, 3.8) is 0 Å². The van der Waals surface area contributed by atoms with Crippen molar-refractivity contribution in [1.82, 2.24) is 9.97 Å². The molecule has 1 aliphatic heterocycles. The molecule has 0 saturated carbocycles. The van der Waals surface area contributed by atoms with Crippen molar-refractivity contribution >= 4 is 11.8 Å². The number of nitrogen functional groups attached to an aromatic ring is 1. The van der Waals surface area contributed by atoms with Crippen LogP contribution in [-0.2, 0) is 12.8 Å². The van der Waals surface area contributed by atoms with Crippen LogP contribution < -0.4 is 16.4 Å². The second kappa shape index (κ2) is 8.49. The van der Waals surface area contributed by atoms with Gasteiger partial charge in [0.2, 0.25) is 5.95 Å². The molecule has 1 fully saturated rings. The van der Waals surface area contributed by atoms with E-state index in [1.54, 1.807) is 0 Å². The fourth-order valence-electron chi connectivity index (χ4n) is 4.12. The van der Waals surface area contributed by atoms with E-state index in [4.69, 9.17) is 11.5 Å². The van der Waals surface area contributed by atoms with Gasteiger partial charge < -0.3 is 16.4 Å². The van der Waals surface area contributed by atoms with Gasteiger partial charge in [-0.3, -0.25) is 0 Å². The Hall–Kier alpha value is -2.14. The van der Waals surface area contributed by atoms with Crippen molar-refractivity contribution in [2.45, 2.75) is 46.0 Å². The van der Waals surface area contributed by atoms with Crippen molar-refractivity contribution in [1.29, 1.82) is 0 Å². The first-order valence-corrected chi connectivity index (χ1v) is 9.96. The number of nitrogens with two attached hydrogens (primary N) is 2. The number of anilines is 2. The molecule has 1 saturated heterocycles. The molecule has 5 heteroatoms. The van der Waals surface area contributed by atoms with Crippen molar-refractivity contribution in [3.05, 3.63) is 35.4 Å². The van der Waals surface area contributed by atoms with Crippen LogP contribution in [0.3, 0.4) is 0 Å². The third kappa shape index (κ3) is 3.68. The highest BCUT2D eigenvalue weighted by molar-refractivity contribution is 5.74. The minimum absolute atomic E-state index is 0.378. The molecule has 1 atom stereocenters. The summed E-state index contributed by atoms with van der Waals surface area (Å²) in [6.45, 7) is 6.83. The molecule has 1 aromatic carbocycles. The molecule has 0 amide bonds. The van der Waals surface area contributed by atoms with Crippen LogP contribution in [0.1, 0.15) is 44.2 Å². The molecule has 4 N–H and O–H groups in total. The van der Waals surface area contributed by atoms with Gasteiger partial charge in [0.15, 0.2) is 0 Å². The number of rotatable bonds is 3. The van der Waals surface area contributed by atoms with Gasteiger partial charge in [-0.2, -0.15) is 4.98 Å². The number of nitrogens with zero attached hydrogens (tertiary/aromatic N) is 3. The molecule has 1 unspecified atom stereocenters. The van der Waals surface area contributed by atoms with Gasteiger partial charge in [0.25, 0.3) is 0 Å². The van der Waals surface area contributed by atoms with E-state index in [0.717, 1.165) is 56.8 Å². The number of aryl methyl sites for hydroxylation is 1. The van der Waals surface area contributed by atoms with Gasteiger partial charge in [-0.05, 0) is 50.1 Å². The molecule has 2 aromatic rings. The summed E-state index contributed by atoms with van der Waals surface area (Å²) in [4.78, 5) is 11.7. The largest absolute Gasteiger partial charge is 0.368 e. The summed E-state index contributed by atoms with van der Waals surface area (Å²) in [6, 6.07) is 8.55. The summed E-state index contributed by atoms with van der Waals surface area (Å²) in [7, 11) is 0. The number of fused-ring (bicyclic) bond motifs is 3. The molecule has 26 heavy (non-hydrogen) atoms. The maximum Gasteiger partial charge on any atom is 0.222 e. The molecule has 2 heterocycles. The number of benzene rings is 1. The molecule has 1 aromatic heterocycles. The molecule has 0 spiro atoms. The van der Waals surface area contributed by atoms with Gasteiger partial charge in [0.05, 0.1) is 5.69 Å². The van der Waals surface area contributed by atoms with Crippen LogP contribution in [0.15, 0.2) is 24.3 Å². The average Bonchev–Trinajstić information content (AvgIpc) is 3.05. The van der Waals surface area contributed by atoms with E-state index < -0.39 is 0 Å². The maximum atomic E-state index is 6.08. The lowest BCUT2D eigenvalue weighted by molar-refractivity contribution is 0.546. The fourth-order valence-corrected chi connectivity index (χ4v) is 4.12. The van der Waals surface area contributed by atoms with Gasteiger partial charge >= 0.3 is 0 Å². The Morgan fingerprint density at radius 3 is 2.77 bits per heavy atom. The lowest BCUT2D eigenvalue weighted by atomic mass is 10.0. The van der Waals surface area contributed by atoms with Crippen LogP contribution in [-0.4, -0.2) is 29.6 Å². The average molecular weight is 354 g/mol. The molecule has 140 valence electrons. The van der Waals surface area contributed by atoms with Crippen LogP contribution in [0.25, 0.3) is 11.3 Å². The Balaban J connectivity index is 0.000000948. The summed E-state index contributed by atoms with van der Waals surface area (Å²) in [6.07, 6.45) is 5.50. The highest BCUT2D eigenvalue weighted by atomic mass is 15.2. The lowest BCUT2D eigenvalue weighted by Gasteiger charge is -2.22. The lowest BCUT2D eigenvalue weighted by Crippen LogP contribution is -2.24. The van der Waals surface area contributed by atoms with E-state index in [2.05, 4.69) is 39.1 Å². The minimum atomic E-state index is 0.378. The highest BCUT2D eigenvalue weighted by Crippen LogP contribution is 2.37. The van der Waals surface area contributed by atoms with Gasteiger partial charge in [-0.1, -0.05) is 38.1 Å². The summed E-state index contributed by atoms with van der Waals surface area (Å²) < 4.78 is 0. The first-order chi connectivity index (χ1) is 12.8. The molecule has 5 nitrogen and oxygen atoms in total. The van der Waals surface area contributed by atoms with E-state index in [-0.39, 0.29) is 0 Å². The standard InChI is InChI=1S/C19H25N5.C2H6/c20-10-8-13-9-11-24(12-13)18-16-7-3-5-14-4-1-2-6-15(14)17(16)22-19(21)23-18;1-2/h1-2,4,6,13H,3,5,7-12,20H2,(H2,21,22,23);1-2H3. The zero-order valence-electron chi connectivity index (χ0n) is 16.0. The zero-order valence-corrected chi connectivity index (χ0v) is 16.0. The number of hydrogen-bond acceptors (Lipinski definition) is 5. The SMILES string of the molecule is CC.NCCC1CCN(c2nc(N)nc3c2CCCc2ccccc2-3)C1. The van der Waals surface area contributed by atoms with Gasteiger partial charge in [-0.25, -0.2) is 4.98 Å². The summed E-state index contributed by atoms with van der Waals surface area (Å²) in [5, 5.41) is 0. The molecule has 4 rings (SSSR count). The third-order valence-corrected chi connectivity index (χ3v) is 5.31. The molecular weight excluding hydrogens is 322 g/mol. The minimum Gasteiger partial charge on any atom is -0.368 e. The van der Waals surface area contributed by atoms with Crippen LogP contribution in [0.5, 0.6) is 0 Å². The third-order valence-electron chi connectivity index (χ3n) is 5.31. The predicted octanol–water partition coefficient (Wildman–Crippen LogP) is 3.42. The predicted molar refractivity (Wildman–Crippen MR) is 109 cm³/mol. The highest BCUT2D eigenvalue weighted by Gasteiger charge is 2.28. The zero-order chi connectivity index (χ0) is 18.5. The van der Waals surface area contributed by atoms with E-state index in [1.165, 1.54) is 23.1 Å². The Kier molecular flexibility index (Phi) is 6.09. The molecule has 1 aliphatic carbocycles. The van der Waals surface area contributed by atoms with E-state index in [1.807, 2.05) is 13.8 Å². The second-order valence-corrected chi connectivity index (χ2v) is 6.92. The van der Waals surface area contributed by atoms with Crippen molar-refractivity contribution in [2.24, 2.45) is 11.7 Å². The Morgan fingerprint density at radius 1 is 1.15 bits per heavy atom.